The Kier molecular flexibility index (Phi) is 4.22. The molecule has 3 atom stereocenters. The highest BCUT2D eigenvalue weighted by molar-refractivity contribution is 4.92. The van der Waals surface area contributed by atoms with Crippen molar-refractivity contribution in [3.05, 3.63) is 0 Å². The van der Waals surface area contributed by atoms with Crippen molar-refractivity contribution >= 4 is 0 Å². The van der Waals surface area contributed by atoms with Crippen LogP contribution in [0.1, 0.15) is 38.5 Å². The van der Waals surface area contributed by atoms with E-state index in [2.05, 4.69) is 22.2 Å². The zero-order chi connectivity index (χ0) is 12.4. The van der Waals surface area contributed by atoms with Gasteiger partial charge in [0.1, 0.15) is 0 Å². The van der Waals surface area contributed by atoms with Crippen LogP contribution in [-0.4, -0.2) is 61.7 Å². The quantitative estimate of drug-likeness (QED) is 0.821. The molecule has 3 rings (SSSR count). The molecular weight excluding hydrogens is 222 g/mol. The van der Waals surface area contributed by atoms with E-state index >= 15 is 0 Å². The summed E-state index contributed by atoms with van der Waals surface area (Å²) in [5.74, 6) is 0.947. The summed E-state index contributed by atoms with van der Waals surface area (Å²) in [7, 11) is 2.31. The Hall–Kier alpha value is -0.120. The molecule has 3 aliphatic heterocycles. The van der Waals surface area contributed by atoms with Crippen molar-refractivity contribution in [3.8, 4) is 0 Å². The van der Waals surface area contributed by atoms with Crippen LogP contribution < -0.4 is 5.32 Å². The van der Waals surface area contributed by atoms with Gasteiger partial charge in [-0.2, -0.15) is 0 Å². The molecule has 0 saturated carbocycles. The van der Waals surface area contributed by atoms with Crippen molar-refractivity contribution in [3.63, 3.8) is 0 Å². The third kappa shape index (κ3) is 2.89. The molecule has 0 radical (unpaired) electrons. The van der Waals surface area contributed by atoms with Gasteiger partial charge in [-0.25, -0.2) is 0 Å². The summed E-state index contributed by atoms with van der Waals surface area (Å²) < 4.78 is 0. The molecule has 0 bridgehead atoms. The van der Waals surface area contributed by atoms with Crippen LogP contribution in [0, 0.1) is 5.92 Å². The van der Waals surface area contributed by atoms with Crippen molar-refractivity contribution in [2.45, 2.75) is 50.6 Å². The van der Waals surface area contributed by atoms with Gasteiger partial charge in [0.25, 0.3) is 0 Å². The lowest BCUT2D eigenvalue weighted by atomic mass is 9.94. The van der Waals surface area contributed by atoms with E-state index < -0.39 is 0 Å². The van der Waals surface area contributed by atoms with Crippen LogP contribution in [0.25, 0.3) is 0 Å². The van der Waals surface area contributed by atoms with E-state index in [-0.39, 0.29) is 0 Å². The maximum atomic E-state index is 3.71. The van der Waals surface area contributed by atoms with Crippen LogP contribution in [0.4, 0.5) is 0 Å². The molecule has 18 heavy (non-hydrogen) atoms. The second kappa shape index (κ2) is 5.89. The third-order valence-electron chi connectivity index (χ3n) is 5.37. The largest absolute Gasteiger partial charge is 0.312 e. The Morgan fingerprint density at radius 3 is 2.89 bits per heavy atom. The highest BCUT2D eigenvalue weighted by Crippen LogP contribution is 2.26. The smallest absolute Gasteiger partial charge is 0.0235 e. The van der Waals surface area contributed by atoms with Crippen LogP contribution in [0.2, 0.25) is 0 Å². The fourth-order valence-electron chi connectivity index (χ4n) is 4.16. The van der Waals surface area contributed by atoms with Crippen molar-refractivity contribution in [1.29, 1.82) is 0 Å². The second-order valence-corrected chi connectivity index (χ2v) is 6.64. The van der Waals surface area contributed by atoms with E-state index in [1.165, 1.54) is 71.2 Å². The highest BCUT2D eigenvalue weighted by Gasteiger charge is 2.34. The summed E-state index contributed by atoms with van der Waals surface area (Å²) in [4.78, 5) is 5.31. The standard InChI is InChI=1S/C15H29N3/c1-17-9-3-2-6-14(17)7-10-18-11-13-5-4-8-16-15(13)12-18/h13-16H,2-12H2,1H3. The Morgan fingerprint density at radius 2 is 2.06 bits per heavy atom. The van der Waals surface area contributed by atoms with Gasteiger partial charge >= 0.3 is 0 Å². The van der Waals surface area contributed by atoms with E-state index in [1.54, 1.807) is 0 Å². The minimum Gasteiger partial charge on any atom is -0.312 e. The lowest BCUT2D eigenvalue weighted by Crippen LogP contribution is -2.41. The van der Waals surface area contributed by atoms with Crippen molar-refractivity contribution < 1.29 is 0 Å². The molecule has 0 aromatic heterocycles. The second-order valence-electron chi connectivity index (χ2n) is 6.64. The first-order chi connectivity index (χ1) is 8.83. The maximum absolute atomic E-state index is 3.71. The molecule has 3 heteroatoms. The third-order valence-corrected chi connectivity index (χ3v) is 5.37. The summed E-state index contributed by atoms with van der Waals surface area (Å²) in [6.07, 6.45) is 8.51. The maximum Gasteiger partial charge on any atom is 0.0235 e. The van der Waals surface area contributed by atoms with Crippen molar-refractivity contribution in [2.75, 3.05) is 39.8 Å². The lowest BCUT2D eigenvalue weighted by molar-refractivity contribution is 0.159. The number of rotatable bonds is 3. The predicted octanol–water partition coefficient (Wildman–Crippen LogP) is 1.54. The zero-order valence-corrected chi connectivity index (χ0v) is 11.9. The number of nitrogens with one attached hydrogen (secondary N) is 1. The fourth-order valence-corrected chi connectivity index (χ4v) is 4.16. The van der Waals surface area contributed by atoms with Gasteiger partial charge in [0, 0.05) is 25.2 Å². The number of likely N-dealkylation sites (tertiary alicyclic amines) is 2. The highest BCUT2D eigenvalue weighted by atomic mass is 15.2. The van der Waals surface area contributed by atoms with Gasteiger partial charge in [0.05, 0.1) is 0 Å². The van der Waals surface area contributed by atoms with Crippen LogP contribution >= 0.6 is 0 Å². The zero-order valence-electron chi connectivity index (χ0n) is 11.9. The van der Waals surface area contributed by atoms with Crippen LogP contribution in [0.3, 0.4) is 0 Å². The summed E-state index contributed by atoms with van der Waals surface area (Å²) in [6.45, 7) is 6.55. The van der Waals surface area contributed by atoms with Crippen LogP contribution in [-0.2, 0) is 0 Å². The predicted molar refractivity (Wildman–Crippen MR) is 75.8 cm³/mol. The Morgan fingerprint density at radius 1 is 1.11 bits per heavy atom. The van der Waals surface area contributed by atoms with E-state index in [0.717, 1.165) is 18.0 Å². The number of fused-ring (bicyclic) bond motifs is 1. The minimum atomic E-state index is 0.808. The molecule has 3 fully saturated rings. The molecule has 0 spiro atoms. The molecule has 1 N–H and O–H groups in total. The number of hydrogen-bond donors (Lipinski definition) is 1. The molecule has 0 amide bonds. The summed E-state index contributed by atoms with van der Waals surface area (Å²) in [5, 5.41) is 3.71. The Labute approximate surface area is 112 Å². The van der Waals surface area contributed by atoms with E-state index in [1.807, 2.05) is 0 Å². The molecule has 0 aliphatic carbocycles. The topological polar surface area (TPSA) is 18.5 Å². The van der Waals surface area contributed by atoms with Gasteiger partial charge in [-0.3, -0.25) is 0 Å². The van der Waals surface area contributed by atoms with Crippen molar-refractivity contribution in [2.24, 2.45) is 5.92 Å². The first-order valence-corrected chi connectivity index (χ1v) is 7.99. The molecule has 3 nitrogen and oxygen atoms in total. The number of nitrogens with zero attached hydrogens (tertiary/aromatic N) is 2. The van der Waals surface area contributed by atoms with Gasteiger partial charge in [-0.15, -0.1) is 0 Å². The monoisotopic (exact) mass is 251 g/mol. The molecular formula is C15H29N3. The molecule has 104 valence electrons. The minimum absolute atomic E-state index is 0.808. The van der Waals surface area contributed by atoms with Crippen LogP contribution in [0.15, 0.2) is 0 Å². The first kappa shape index (κ1) is 12.9. The number of hydrogen-bond acceptors (Lipinski definition) is 3. The van der Waals surface area contributed by atoms with Crippen molar-refractivity contribution in [1.82, 2.24) is 15.1 Å². The molecule has 0 aromatic rings. The van der Waals surface area contributed by atoms with Gasteiger partial charge in [0.15, 0.2) is 0 Å². The summed E-state index contributed by atoms with van der Waals surface area (Å²) in [5.41, 5.74) is 0. The SMILES string of the molecule is CN1CCCCC1CCN1CC2CCCNC2C1. The Balaban J connectivity index is 1.43. The van der Waals surface area contributed by atoms with Gasteiger partial charge in [0.2, 0.25) is 0 Å². The van der Waals surface area contributed by atoms with E-state index in [9.17, 15) is 0 Å². The molecule has 3 saturated heterocycles. The summed E-state index contributed by atoms with van der Waals surface area (Å²) >= 11 is 0. The average Bonchev–Trinajstić information content (AvgIpc) is 2.80. The number of piperidine rings is 2. The first-order valence-electron chi connectivity index (χ1n) is 7.99. The molecule has 0 aromatic carbocycles. The molecule has 3 unspecified atom stereocenters. The fraction of sp³-hybridized carbons (Fsp3) is 1.00. The summed E-state index contributed by atoms with van der Waals surface area (Å²) in [6, 6.07) is 1.66. The lowest BCUT2D eigenvalue weighted by Gasteiger charge is -2.33. The molecule has 3 heterocycles. The van der Waals surface area contributed by atoms with E-state index in [0.29, 0.717) is 0 Å². The van der Waals surface area contributed by atoms with E-state index in [4.69, 9.17) is 0 Å². The average molecular weight is 251 g/mol. The normalized spacial score (nSPS) is 38.8. The van der Waals surface area contributed by atoms with Gasteiger partial charge in [-0.1, -0.05) is 6.42 Å². The van der Waals surface area contributed by atoms with Gasteiger partial charge < -0.3 is 15.1 Å². The van der Waals surface area contributed by atoms with Crippen LogP contribution in [0.5, 0.6) is 0 Å². The molecule has 3 aliphatic rings. The van der Waals surface area contributed by atoms with Gasteiger partial charge in [-0.05, 0) is 64.7 Å². The Bertz CT molecular complexity index is 254.